The molecule has 0 aliphatic heterocycles. The molecule has 0 radical (unpaired) electrons. The molecule has 0 amide bonds. The molecule has 0 spiro atoms. The molecule has 0 heterocycles. The van der Waals surface area contributed by atoms with Gasteiger partial charge in [0.15, 0.2) is 0 Å². The van der Waals surface area contributed by atoms with E-state index in [1.807, 2.05) is 0 Å². The molecule has 0 aromatic carbocycles. The van der Waals surface area contributed by atoms with Crippen LogP contribution in [0.15, 0.2) is 12.7 Å². The molecule has 0 bridgehead atoms. The third-order valence-electron chi connectivity index (χ3n) is 4.14. The van der Waals surface area contributed by atoms with Crippen molar-refractivity contribution in [3.63, 3.8) is 0 Å². The highest BCUT2D eigenvalue weighted by molar-refractivity contribution is 5.00. The van der Waals surface area contributed by atoms with Gasteiger partial charge in [0.25, 0.3) is 0 Å². The zero-order chi connectivity index (χ0) is 9.19. The first-order chi connectivity index (χ1) is 5.69. The second-order valence-corrected chi connectivity index (χ2v) is 4.38. The van der Waals surface area contributed by atoms with Crippen molar-refractivity contribution in [2.45, 2.75) is 46.5 Å². The SMILES string of the molecule is C=CC1CCC(CC)C1(C)CC. The second kappa shape index (κ2) is 3.64. The van der Waals surface area contributed by atoms with Gasteiger partial charge >= 0.3 is 0 Å². The van der Waals surface area contributed by atoms with E-state index in [1.165, 1.54) is 25.7 Å². The molecule has 0 heteroatoms. The van der Waals surface area contributed by atoms with Gasteiger partial charge in [0.2, 0.25) is 0 Å². The van der Waals surface area contributed by atoms with Gasteiger partial charge in [0.05, 0.1) is 0 Å². The van der Waals surface area contributed by atoms with E-state index in [0.717, 1.165) is 11.8 Å². The zero-order valence-electron chi connectivity index (χ0n) is 8.77. The summed E-state index contributed by atoms with van der Waals surface area (Å²) in [6.45, 7) is 11.0. The Hall–Kier alpha value is -0.260. The summed E-state index contributed by atoms with van der Waals surface area (Å²) in [6.07, 6.45) is 7.61. The number of allylic oxidation sites excluding steroid dienone is 1. The van der Waals surface area contributed by atoms with Gasteiger partial charge in [-0.15, -0.1) is 6.58 Å². The van der Waals surface area contributed by atoms with E-state index in [-0.39, 0.29) is 0 Å². The van der Waals surface area contributed by atoms with E-state index in [9.17, 15) is 0 Å². The van der Waals surface area contributed by atoms with Crippen LogP contribution in [-0.2, 0) is 0 Å². The van der Waals surface area contributed by atoms with Crippen molar-refractivity contribution in [2.75, 3.05) is 0 Å². The molecule has 0 nitrogen and oxygen atoms in total. The van der Waals surface area contributed by atoms with Gasteiger partial charge in [-0.3, -0.25) is 0 Å². The molecular formula is C12H22. The molecular weight excluding hydrogens is 144 g/mol. The van der Waals surface area contributed by atoms with Gasteiger partial charge in [-0.05, 0) is 36.5 Å². The summed E-state index contributed by atoms with van der Waals surface area (Å²) in [6, 6.07) is 0. The smallest absolute Gasteiger partial charge is 0.0180 e. The van der Waals surface area contributed by atoms with Gasteiger partial charge < -0.3 is 0 Å². The molecule has 1 aliphatic rings. The third-order valence-corrected chi connectivity index (χ3v) is 4.14. The van der Waals surface area contributed by atoms with E-state index in [1.54, 1.807) is 0 Å². The normalized spacial score (nSPS) is 41.6. The minimum Gasteiger partial charge on any atom is -0.103 e. The summed E-state index contributed by atoms with van der Waals surface area (Å²) in [7, 11) is 0. The average molecular weight is 166 g/mol. The molecule has 3 unspecified atom stereocenters. The van der Waals surface area contributed by atoms with Crippen molar-refractivity contribution in [1.82, 2.24) is 0 Å². The highest BCUT2D eigenvalue weighted by Gasteiger charge is 2.42. The quantitative estimate of drug-likeness (QED) is 0.555. The Bertz CT molecular complexity index is 159. The van der Waals surface area contributed by atoms with E-state index in [0.29, 0.717) is 5.41 Å². The van der Waals surface area contributed by atoms with Crippen molar-refractivity contribution < 1.29 is 0 Å². The first-order valence-electron chi connectivity index (χ1n) is 5.31. The van der Waals surface area contributed by atoms with Gasteiger partial charge in [-0.1, -0.05) is 33.3 Å². The third kappa shape index (κ3) is 1.32. The van der Waals surface area contributed by atoms with Crippen LogP contribution >= 0.6 is 0 Å². The Morgan fingerprint density at radius 3 is 2.50 bits per heavy atom. The van der Waals surface area contributed by atoms with Crippen molar-refractivity contribution in [1.29, 1.82) is 0 Å². The number of rotatable bonds is 3. The molecule has 1 rings (SSSR count). The molecule has 1 saturated carbocycles. The topological polar surface area (TPSA) is 0 Å². The van der Waals surface area contributed by atoms with Crippen LogP contribution in [0.5, 0.6) is 0 Å². The number of hydrogen-bond acceptors (Lipinski definition) is 0. The minimum atomic E-state index is 0.552. The van der Waals surface area contributed by atoms with Gasteiger partial charge in [-0.2, -0.15) is 0 Å². The van der Waals surface area contributed by atoms with Crippen LogP contribution in [-0.4, -0.2) is 0 Å². The Morgan fingerprint density at radius 1 is 1.42 bits per heavy atom. The van der Waals surface area contributed by atoms with Crippen LogP contribution in [0.25, 0.3) is 0 Å². The van der Waals surface area contributed by atoms with Crippen molar-refractivity contribution >= 4 is 0 Å². The lowest BCUT2D eigenvalue weighted by molar-refractivity contribution is 0.173. The maximum Gasteiger partial charge on any atom is -0.0180 e. The number of hydrogen-bond donors (Lipinski definition) is 0. The van der Waals surface area contributed by atoms with Gasteiger partial charge in [-0.25, -0.2) is 0 Å². The molecule has 0 aromatic heterocycles. The largest absolute Gasteiger partial charge is 0.103 e. The summed E-state index contributed by atoms with van der Waals surface area (Å²) in [5.41, 5.74) is 0.552. The highest BCUT2D eigenvalue weighted by Crippen LogP contribution is 2.51. The van der Waals surface area contributed by atoms with E-state index >= 15 is 0 Å². The van der Waals surface area contributed by atoms with Crippen LogP contribution in [0.1, 0.15) is 46.5 Å². The van der Waals surface area contributed by atoms with Crippen LogP contribution in [0.2, 0.25) is 0 Å². The first kappa shape index (κ1) is 9.83. The predicted molar refractivity (Wildman–Crippen MR) is 55.1 cm³/mol. The maximum absolute atomic E-state index is 3.95. The monoisotopic (exact) mass is 166 g/mol. The van der Waals surface area contributed by atoms with Crippen LogP contribution in [0.3, 0.4) is 0 Å². The van der Waals surface area contributed by atoms with E-state index in [4.69, 9.17) is 0 Å². The summed E-state index contributed by atoms with van der Waals surface area (Å²) in [5.74, 6) is 1.71. The Labute approximate surface area is 77.1 Å². The predicted octanol–water partition coefficient (Wildman–Crippen LogP) is 4.02. The fourth-order valence-electron chi connectivity index (χ4n) is 2.95. The van der Waals surface area contributed by atoms with Gasteiger partial charge in [0.1, 0.15) is 0 Å². The van der Waals surface area contributed by atoms with Crippen molar-refractivity contribution in [3.8, 4) is 0 Å². The lowest BCUT2D eigenvalue weighted by Crippen LogP contribution is -2.26. The molecule has 3 atom stereocenters. The van der Waals surface area contributed by atoms with Crippen molar-refractivity contribution in [2.24, 2.45) is 17.3 Å². The lowest BCUT2D eigenvalue weighted by Gasteiger charge is -2.34. The lowest BCUT2D eigenvalue weighted by atomic mass is 9.71. The standard InChI is InChI=1S/C12H22/c1-5-10-8-9-11(6-2)12(10,4)7-3/h5,10-11H,1,6-9H2,2-4H3. The first-order valence-corrected chi connectivity index (χ1v) is 5.31. The molecule has 1 aliphatic carbocycles. The average Bonchev–Trinajstić information content (AvgIpc) is 2.42. The Morgan fingerprint density at radius 2 is 2.08 bits per heavy atom. The highest BCUT2D eigenvalue weighted by atomic mass is 14.5. The van der Waals surface area contributed by atoms with Crippen LogP contribution in [0, 0.1) is 17.3 Å². The van der Waals surface area contributed by atoms with Crippen LogP contribution in [0.4, 0.5) is 0 Å². The zero-order valence-corrected chi connectivity index (χ0v) is 8.77. The molecule has 1 fully saturated rings. The summed E-state index contributed by atoms with van der Waals surface area (Å²) < 4.78 is 0. The Balaban J connectivity index is 2.78. The molecule has 12 heavy (non-hydrogen) atoms. The minimum absolute atomic E-state index is 0.552. The second-order valence-electron chi connectivity index (χ2n) is 4.38. The summed E-state index contributed by atoms with van der Waals surface area (Å²) >= 11 is 0. The summed E-state index contributed by atoms with van der Waals surface area (Å²) in [5, 5.41) is 0. The molecule has 0 saturated heterocycles. The van der Waals surface area contributed by atoms with E-state index < -0.39 is 0 Å². The van der Waals surface area contributed by atoms with Crippen LogP contribution < -0.4 is 0 Å². The Kier molecular flexibility index (Phi) is 2.98. The summed E-state index contributed by atoms with van der Waals surface area (Å²) in [4.78, 5) is 0. The van der Waals surface area contributed by atoms with Crippen molar-refractivity contribution in [3.05, 3.63) is 12.7 Å². The molecule has 0 N–H and O–H groups in total. The molecule has 0 aromatic rings. The maximum atomic E-state index is 3.95. The fraction of sp³-hybridized carbons (Fsp3) is 0.833. The van der Waals surface area contributed by atoms with Gasteiger partial charge in [0, 0.05) is 0 Å². The molecule has 70 valence electrons. The fourth-order valence-corrected chi connectivity index (χ4v) is 2.95. The van der Waals surface area contributed by atoms with E-state index in [2.05, 4.69) is 33.4 Å².